The number of hydrogen-bond acceptors (Lipinski definition) is 6. The van der Waals surface area contributed by atoms with Crippen LogP contribution in [0.2, 0.25) is 0 Å². The van der Waals surface area contributed by atoms with Crippen molar-refractivity contribution >= 4 is 32.0 Å². The molecule has 0 radical (unpaired) electrons. The van der Waals surface area contributed by atoms with Gasteiger partial charge >= 0.3 is 5.69 Å². The van der Waals surface area contributed by atoms with Crippen molar-refractivity contribution in [2.75, 3.05) is 18.9 Å². The normalized spacial score (nSPS) is 26.1. The highest BCUT2D eigenvalue weighted by atomic mass is 32.2. The minimum atomic E-state index is -3.61. The zero-order valence-electron chi connectivity index (χ0n) is 10.9. The van der Waals surface area contributed by atoms with Gasteiger partial charge in [0.05, 0.1) is 4.92 Å². The van der Waals surface area contributed by atoms with Crippen LogP contribution in [0, 0.1) is 16.0 Å². The summed E-state index contributed by atoms with van der Waals surface area (Å²) in [5.74, 6) is 0.452. The molecule has 1 aliphatic heterocycles. The van der Waals surface area contributed by atoms with E-state index in [0.717, 1.165) is 36.7 Å². The van der Waals surface area contributed by atoms with Crippen LogP contribution in [0.15, 0.2) is 10.3 Å². The first-order valence-corrected chi connectivity index (χ1v) is 8.67. The van der Waals surface area contributed by atoms with E-state index in [1.165, 1.54) is 4.31 Å². The number of nitro groups is 1. The minimum absolute atomic E-state index is 0.0566. The van der Waals surface area contributed by atoms with Gasteiger partial charge < -0.3 is 5.32 Å². The molecule has 2 bridgehead atoms. The lowest BCUT2D eigenvalue weighted by Gasteiger charge is -2.25. The molecule has 2 unspecified atom stereocenters. The number of nitrogens with zero attached hydrogens (tertiary/aromatic N) is 2. The Kier molecular flexibility index (Phi) is 3.22. The maximum Gasteiger partial charge on any atom is 0.304 e. The van der Waals surface area contributed by atoms with Crippen molar-refractivity contribution in [3.63, 3.8) is 0 Å². The summed E-state index contributed by atoms with van der Waals surface area (Å²) in [7, 11) is -2.06. The first kappa shape index (κ1) is 13.8. The van der Waals surface area contributed by atoms with Crippen molar-refractivity contribution in [3.8, 4) is 0 Å². The van der Waals surface area contributed by atoms with Crippen molar-refractivity contribution in [2.24, 2.45) is 5.92 Å². The van der Waals surface area contributed by atoms with Crippen molar-refractivity contribution in [1.29, 1.82) is 0 Å². The molecule has 2 aliphatic rings. The van der Waals surface area contributed by atoms with Gasteiger partial charge in [-0.05, 0) is 25.2 Å². The smallest absolute Gasteiger partial charge is 0.304 e. The van der Waals surface area contributed by atoms with E-state index < -0.39 is 14.9 Å². The van der Waals surface area contributed by atoms with Gasteiger partial charge in [0.15, 0.2) is 5.00 Å². The van der Waals surface area contributed by atoms with Gasteiger partial charge in [0.2, 0.25) is 0 Å². The lowest BCUT2D eigenvalue weighted by atomic mass is 10.1. The quantitative estimate of drug-likeness (QED) is 0.676. The van der Waals surface area contributed by atoms with Crippen LogP contribution in [0.25, 0.3) is 0 Å². The van der Waals surface area contributed by atoms with Gasteiger partial charge in [0.1, 0.15) is 4.21 Å². The average Bonchev–Trinajstić information content (AvgIpc) is 3.12. The molecule has 20 heavy (non-hydrogen) atoms. The third-order valence-electron chi connectivity index (χ3n) is 4.04. The van der Waals surface area contributed by atoms with Gasteiger partial charge in [-0.25, -0.2) is 8.42 Å². The molecule has 9 heteroatoms. The van der Waals surface area contributed by atoms with Crippen LogP contribution in [0.4, 0.5) is 10.7 Å². The molecule has 1 N–H and O–H groups in total. The lowest BCUT2D eigenvalue weighted by Crippen LogP contribution is -2.37. The summed E-state index contributed by atoms with van der Waals surface area (Å²) in [4.78, 5) is 10.4. The number of thiophene rings is 1. The molecule has 3 rings (SSSR count). The number of sulfonamides is 1. The Morgan fingerprint density at radius 3 is 2.70 bits per heavy atom. The molecular formula is C11H15N3O4S2. The fraction of sp³-hybridized carbons (Fsp3) is 0.636. The topological polar surface area (TPSA) is 92.6 Å². The molecule has 1 aromatic rings. The Balaban J connectivity index is 1.97. The van der Waals surface area contributed by atoms with Crippen molar-refractivity contribution in [1.82, 2.24) is 4.31 Å². The van der Waals surface area contributed by atoms with Gasteiger partial charge in [-0.1, -0.05) is 11.3 Å². The highest BCUT2D eigenvalue weighted by Crippen LogP contribution is 2.44. The van der Waals surface area contributed by atoms with Crippen LogP contribution in [0.1, 0.15) is 19.3 Å². The summed E-state index contributed by atoms with van der Waals surface area (Å²) >= 11 is 0.927. The van der Waals surface area contributed by atoms with Crippen LogP contribution < -0.4 is 5.32 Å². The van der Waals surface area contributed by atoms with Crippen LogP contribution >= 0.6 is 11.3 Å². The average molecular weight is 317 g/mol. The van der Waals surface area contributed by atoms with Gasteiger partial charge in [0, 0.05) is 25.7 Å². The lowest BCUT2D eigenvalue weighted by molar-refractivity contribution is -0.383. The van der Waals surface area contributed by atoms with Crippen LogP contribution in [-0.4, -0.2) is 37.3 Å². The minimum Gasteiger partial charge on any atom is -0.374 e. The molecule has 7 nitrogen and oxygen atoms in total. The monoisotopic (exact) mass is 317 g/mol. The van der Waals surface area contributed by atoms with E-state index in [9.17, 15) is 18.5 Å². The van der Waals surface area contributed by atoms with Crippen LogP contribution in [0.5, 0.6) is 0 Å². The Bertz CT molecular complexity index is 655. The van der Waals surface area contributed by atoms with E-state index in [2.05, 4.69) is 5.32 Å². The fourth-order valence-corrected chi connectivity index (χ4v) is 6.24. The second kappa shape index (κ2) is 4.68. The number of piperidine rings is 1. The highest BCUT2D eigenvalue weighted by Gasteiger charge is 2.45. The summed E-state index contributed by atoms with van der Waals surface area (Å²) in [5.41, 5.74) is -0.180. The van der Waals surface area contributed by atoms with Crippen molar-refractivity contribution < 1.29 is 13.3 Å². The number of anilines is 1. The molecule has 0 spiro atoms. The molecule has 1 saturated heterocycles. The molecule has 2 heterocycles. The number of fused-ring (bicyclic) bond motifs is 2. The molecular weight excluding hydrogens is 302 g/mol. The first-order chi connectivity index (χ1) is 9.43. The van der Waals surface area contributed by atoms with Gasteiger partial charge in [-0.15, -0.1) is 0 Å². The third-order valence-corrected chi connectivity index (χ3v) is 7.54. The van der Waals surface area contributed by atoms with E-state index in [0.29, 0.717) is 12.5 Å². The van der Waals surface area contributed by atoms with Gasteiger partial charge in [0.25, 0.3) is 10.0 Å². The molecule has 0 amide bonds. The second-order valence-electron chi connectivity index (χ2n) is 5.19. The zero-order chi connectivity index (χ0) is 14.5. The Labute approximate surface area is 120 Å². The summed E-state index contributed by atoms with van der Waals surface area (Å²) in [6.45, 7) is 0.549. The number of nitrogens with one attached hydrogen (secondary N) is 1. The SMILES string of the molecule is CNc1sc(S(=O)(=O)N2CC3CCC2C3)cc1[N+](=O)[O-]. The fourth-order valence-electron chi connectivity index (χ4n) is 3.09. The standard InChI is InChI=1S/C11H15N3O4S2/c1-12-11-9(14(15)16)5-10(19-11)20(17,18)13-6-7-2-3-8(13)4-7/h5,7-8,12H,2-4,6H2,1H3. The maximum atomic E-state index is 12.6. The van der Waals surface area contributed by atoms with Crippen LogP contribution in [-0.2, 0) is 10.0 Å². The summed E-state index contributed by atoms with van der Waals surface area (Å²) in [5, 5.41) is 13.9. The van der Waals surface area contributed by atoms with Gasteiger partial charge in [-0.2, -0.15) is 4.31 Å². The molecule has 110 valence electrons. The van der Waals surface area contributed by atoms with Crippen molar-refractivity contribution in [2.45, 2.75) is 29.5 Å². The zero-order valence-corrected chi connectivity index (χ0v) is 12.5. The summed E-state index contributed by atoms with van der Waals surface area (Å²) in [6.07, 6.45) is 2.91. The van der Waals surface area contributed by atoms with E-state index in [1.807, 2.05) is 0 Å². The summed E-state index contributed by atoms with van der Waals surface area (Å²) < 4.78 is 26.8. The van der Waals surface area contributed by atoms with E-state index in [4.69, 9.17) is 0 Å². The van der Waals surface area contributed by atoms with E-state index in [1.54, 1.807) is 7.05 Å². The number of hydrogen-bond donors (Lipinski definition) is 1. The first-order valence-electron chi connectivity index (χ1n) is 6.41. The molecule has 2 fully saturated rings. The summed E-state index contributed by atoms with van der Waals surface area (Å²) in [6, 6.07) is 1.24. The molecule has 0 aromatic carbocycles. The van der Waals surface area contributed by atoms with Crippen molar-refractivity contribution in [3.05, 3.63) is 16.2 Å². The number of rotatable bonds is 4. The molecule has 1 saturated carbocycles. The Morgan fingerprint density at radius 2 is 2.25 bits per heavy atom. The molecule has 1 aromatic heterocycles. The predicted octanol–water partition coefficient (Wildman–Crippen LogP) is 1.87. The Hall–Kier alpha value is -1.19. The largest absolute Gasteiger partial charge is 0.374 e. The predicted molar refractivity (Wildman–Crippen MR) is 75.5 cm³/mol. The molecule has 2 atom stereocenters. The van der Waals surface area contributed by atoms with Gasteiger partial charge in [-0.3, -0.25) is 10.1 Å². The maximum absolute atomic E-state index is 12.6. The second-order valence-corrected chi connectivity index (χ2v) is 8.36. The highest BCUT2D eigenvalue weighted by molar-refractivity contribution is 7.91. The Morgan fingerprint density at radius 1 is 1.50 bits per heavy atom. The van der Waals surface area contributed by atoms with E-state index >= 15 is 0 Å². The molecule has 1 aliphatic carbocycles. The third kappa shape index (κ3) is 2.00. The van der Waals surface area contributed by atoms with Crippen LogP contribution in [0.3, 0.4) is 0 Å². The van der Waals surface area contributed by atoms with E-state index in [-0.39, 0.29) is 20.9 Å².